The molecular weight excluding hydrogens is 466 g/mol. The second-order valence-corrected chi connectivity index (χ2v) is 8.73. The highest BCUT2D eigenvalue weighted by atomic mass is 32.2. The molecule has 6 rings (SSSR count). The number of nitrogens with zero attached hydrogens (tertiary/aromatic N) is 4. The van der Waals surface area contributed by atoms with Crippen LogP contribution in [-0.2, 0) is 4.79 Å². The zero-order valence-corrected chi connectivity index (χ0v) is 18.9. The van der Waals surface area contributed by atoms with E-state index >= 15 is 0 Å². The Morgan fingerprint density at radius 2 is 1.69 bits per heavy atom. The van der Waals surface area contributed by atoms with Crippen LogP contribution >= 0.6 is 11.8 Å². The molecule has 1 amide bonds. The number of imidazole rings is 1. The van der Waals surface area contributed by atoms with Crippen molar-refractivity contribution in [3.8, 4) is 5.69 Å². The summed E-state index contributed by atoms with van der Waals surface area (Å²) in [5, 5.41) is 12.4. The van der Waals surface area contributed by atoms with Gasteiger partial charge in [-0.05, 0) is 42.5 Å². The number of rotatable bonds is 5. The molecule has 3 aromatic heterocycles. The van der Waals surface area contributed by atoms with Crippen LogP contribution in [0.25, 0.3) is 33.4 Å². The van der Waals surface area contributed by atoms with Gasteiger partial charge in [0.05, 0.1) is 33.4 Å². The van der Waals surface area contributed by atoms with Crippen molar-refractivity contribution in [1.82, 2.24) is 29.1 Å². The first-order valence-corrected chi connectivity index (χ1v) is 11.7. The van der Waals surface area contributed by atoms with Crippen molar-refractivity contribution >= 4 is 51.1 Å². The Morgan fingerprint density at radius 1 is 0.914 bits per heavy atom. The summed E-state index contributed by atoms with van der Waals surface area (Å²) in [6, 6.07) is 21.6. The Balaban J connectivity index is 1.34. The van der Waals surface area contributed by atoms with Crippen molar-refractivity contribution in [3.05, 3.63) is 93.6 Å². The molecule has 35 heavy (non-hydrogen) atoms. The molecule has 0 atom stereocenters. The molecule has 0 bridgehead atoms. The van der Waals surface area contributed by atoms with E-state index in [1.54, 1.807) is 28.7 Å². The highest BCUT2D eigenvalue weighted by Crippen LogP contribution is 2.23. The monoisotopic (exact) mass is 483 g/mol. The van der Waals surface area contributed by atoms with Crippen LogP contribution in [-0.4, -0.2) is 40.8 Å². The first-order chi connectivity index (χ1) is 17.1. The lowest BCUT2D eigenvalue weighted by atomic mass is 10.2. The molecule has 0 unspecified atom stereocenters. The van der Waals surface area contributed by atoms with E-state index in [0.717, 1.165) is 0 Å². The number of anilines is 1. The maximum Gasteiger partial charge on any atom is 0.323 e. The highest BCUT2D eigenvalue weighted by Gasteiger charge is 2.18. The molecule has 0 aliphatic heterocycles. The Kier molecular flexibility index (Phi) is 4.96. The standard InChI is InChI=1S/C24H17N7O3S/c32-20(25-14-10-11-17-18(12-14)27-22(34)26-17)13-35-24-29-28-23-30(15-6-2-1-3-7-15)21(33)16-8-4-5-9-19(16)31(23)24/h1-12H,13H2,(H,25,32)(H2,26,27,34). The van der Waals surface area contributed by atoms with Gasteiger partial charge in [-0.3, -0.25) is 14.0 Å². The van der Waals surface area contributed by atoms with Gasteiger partial charge in [-0.25, -0.2) is 9.36 Å². The number of aromatic amines is 2. The van der Waals surface area contributed by atoms with E-state index in [0.29, 0.717) is 44.2 Å². The second kappa shape index (κ2) is 8.29. The molecule has 6 aromatic rings. The molecule has 0 saturated carbocycles. The van der Waals surface area contributed by atoms with Crippen molar-refractivity contribution < 1.29 is 4.79 Å². The molecule has 11 heteroatoms. The smallest absolute Gasteiger partial charge is 0.323 e. The number of thioether (sulfide) groups is 1. The van der Waals surface area contributed by atoms with E-state index in [9.17, 15) is 14.4 Å². The largest absolute Gasteiger partial charge is 0.325 e. The number of carbonyl (C=O) groups is 1. The molecule has 0 saturated heterocycles. The van der Waals surface area contributed by atoms with E-state index in [4.69, 9.17) is 0 Å². The number of amides is 1. The zero-order chi connectivity index (χ0) is 23.9. The first kappa shape index (κ1) is 20.9. The summed E-state index contributed by atoms with van der Waals surface area (Å²) in [6.45, 7) is 0. The van der Waals surface area contributed by atoms with Gasteiger partial charge in [0.1, 0.15) is 0 Å². The van der Waals surface area contributed by atoms with E-state index < -0.39 is 0 Å². The fraction of sp³-hybridized carbons (Fsp3) is 0.0417. The van der Waals surface area contributed by atoms with Crippen LogP contribution in [0.15, 0.2) is 87.5 Å². The zero-order valence-electron chi connectivity index (χ0n) is 18.1. The topological polar surface area (TPSA) is 130 Å². The molecular formula is C24H17N7O3S. The van der Waals surface area contributed by atoms with E-state index in [-0.39, 0.29) is 22.9 Å². The van der Waals surface area contributed by atoms with Crippen LogP contribution in [0.1, 0.15) is 0 Å². The number of hydrogen-bond donors (Lipinski definition) is 3. The van der Waals surface area contributed by atoms with Crippen molar-refractivity contribution in [3.63, 3.8) is 0 Å². The van der Waals surface area contributed by atoms with Crippen molar-refractivity contribution in [2.45, 2.75) is 5.16 Å². The molecule has 0 spiro atoms. The van der Waals surface area contributed by atoms with Crippen molar-refractivity contribution in [2.75, 3.05) is 11.1 Å². The summed E-state index contributed by atoms with van der Waals surface area (Å²) in [5.41, 5.74) is 2.66. The molecule has 3 N–H and O–H groups in total. The third kappa shape index (κ3) is 3.67. The number of aromatic nitrogens is 6. The lowest BCUT2D eigenvalue weighted by Gasteiger charge is -2.11. The van der Waals surface area contributed by atoms with Crippen LogP contribution in [0.4, 0.5) is 5.69 Å². The minimum atomic E-state index is -0.307. The van der Waals surface area contributed by atoms with Gasteiger partial charge in [-0.15, -0.1) is 10.2 Å². The third-order valence-electron chi connectivity index (χ3n) is 5.54. The Morgan fingerprint density at radius 3 is 2.54 bits per heavy atom. The Bertz CT molecular complexity index is 1850. The third-order valence-corrected chi connectivity index (χ3v) is 6.47. The first-order valence-electron chi connectivity index (χ1n) is 10.7. The van der Waals surface area contributed by atoms with E-state index in [2.05, 4.69) is 25.5 Å². The van der Waals surface area contributed by atoms with Gasteiger partial charge in [-0.1, -0.05) is 42.1 Å². The number of para-hydroxylation sites is 2. The minimum Gasteiger partial charge on any atom is -0.325 e. The summed E-state index contributed by atoms with van der Waals surface area (Å²) < 4.78 is 3.31. The Labute approximate surface area is 200 Å². The summed E-state index contributed by atoms with van der Waals surface area (Å²) in [6.07, 6.45) is 0. The summed E-state index contributed by atoms with van der Waals surface area (Å²) in [4.78, 5) is 42.8. The number of nitrogens with one attached hydrogen (secondary N) is 3. The van der Waals surface area contributed by atoms with Gasteiger partial charge in [0.25, 0.3) is 5.56 Å². The number of H-pyrrole nitrogens is 2. The molecule has 0 aliphatic rings. The summed E-state index contributed by atoms with van der Waals surface area (Å²) in [7, 11) is 0. The predicted molar refractivity (Wildman–Crippen MR) is 134 cm³/mol. The van der Waals surface area contributed by atoms with Gasteiger partial charge in [0.2, 0.25) is 11.7 Å². The molecule has 3 aromatic carbocycles. The van der Waals surface area contributed by atoms with Crippen molar-refractivity contribution in [2.24, 2.45) is 0 Å². The number of benzene rings is 3. The summed E-state index contributed by atoms with van der Waals surface area (Å²) in [5.74, 6) is 0.190. The lowest BCUT2D eigenvalue weighted by molar-refractivity contribution is -0.113. The van der Waals surface area contributed by atoms with Crippen LogP contribution in [0.5, 0.6) is 0 Å². The van der Waals surface area contributed by atoms with Gasteiger partial charge in [-0.2, -0.15) is 0 Å². The van der Waals surface area contributed by atoms with Gasteiger partial charge in [0.15, 0.2) is 5.16 Å². The molecule has 3 heterocycles. The highest BCUT2D eigenvalue weighted by molar-refractivity contribution is 7.99. The van der Waals surface area contributed by atoms with Crippen LogP contribution in [0.2, 0.25) is 0 Å². The normalized spacial score (nSPS) is 11.4. The van der Waals surface area contributed by atoms with E-state index in [1.807, 2.05) is 48.5 Å². The maximum atomic E-state index is 13.3. The van der Waals surface area contributed by atoms with Gasteiger partial charge >= 0.3 is 5.69 Å². The molecule has 172 valence electrons. The number of carbonyl (C=O) groups excluding carboxylic acids is 1. The number of hydrogen-bond acceptors (Lipinski definition) is 6. The fourth-order valence-corrected chi connectivity index (χ4v) is 4.76. The summed E-state index contributed by atoms with van der Waals surface area (Å²) >= 11 is 1.21. The second-order valence-electron chi connectivity index (χ2n) is 7.79. The predicted octanol–water partition coefficient (Wildman–Crippen LogP) is 2.93. The minimum absolute atomic E-state index is 0.0707. The molecule has 0 radical (unpaired) electrons. The number of fused-ring (bicyclic) bond motifs is 4. The van der Waals surface area contributed by atoms with Crippen molar-refractivity contribution in [1.29, 1.82) is 0 Å². The van der Waals surface area contributed by atoms with Crippen LogP contribution in [0, 0.1) is 0 Å². The fourth-order valence-electron chi connectivity index (χ4n) is 4.02. The van der Waals surface area contributed by atoms with Crippen LogP contribution < -0.4 is 16.6 Å². The molecule has 0 fully saturated rings. The molecule has 10 nitrogen and oxygen atoms in total. The quantitative estimate of drug-likeness (QED) is 0.323. The van der Waals surface area contributed by atoms with E-state index in [1.165, 1.54) is 16.3 Å². The molecule has 0 aliphatic carbocycles. The maximum absolute atomic E-state index is 13.3. The van der Waals surface area contributed by atoms with Gasteiger partial charge < -0.3 is 15.3 Å². The average molecular weight is 484 g/mol. The average Bonchev–Trinajstić information content (AvgIpc) is 3.46. The lowest BCUT2D eigenvalue weighted by Crippen LogP contribution is -2.21. The Hall–Kier alpha value is -4.64. The van der Waals surface area contributed by atoms with Gasteiger partial charge in [0, 0.05) is 5.69 Å². The van der Waals surface area contributed by atoms with Crippen LogP contribution in [0.3, 0.4) is 0 Å². The SMILES string of the molecule is O=C(CSc1nnc2n(-c3ccccc3)c(=O)c3ccccc3n12)Nc1ccc2[nH]c(=O)[nH]c2c1.